The molecule has 0 atom stereocenters. The number of nitrogens with one attached hydrogen (secondary N) is 1. The van der Waals surface area contributed by atoms with Crippen LogP contribution in [0.4, 0.5) is 0 Å². The van der Waals surface area contributed by atoms with E-state index in [1.165, 1.54) is 0 Å². The van der Waals surface area contributed by atoms with E-state index in [0.29, 0.717) is 6.32 Å². The Morgan fingerprint density at radius 1 is 1.20 bits per heavy atom. The number of halogens is 1. The molecular formula is C5H13BBrNO2. The van der Waals surface area contributed by atoms with Crippen molar-refractivity contribution < 1.29 is 10.0 Å². The summed E-state index contributed by atoms with van der Waals surface area (Å²) >= 11 is 3.08. The molecule has 0 rings (SSSR count). The normalized spacial score (nSPS) is 9.90. The molecule has 0 aliphatic carbocycles. The summed E-state index contributed by atoms with van der Waals surface area (Å²) in [6, 6.07) is 0. The van der Waals surface area contributed by atoms with Gasteiger partial charge in [0.15, 0.2) is 0 Å². The molecule has 0 aromatic rings. The van der Waals surface area contributed by atoms with E-state index in [0.717, 1.165) is 25.8 Å². The highest BCUT2D eigenvalue weighted by atomic mass is 79.9. The minimum absolute atomic E-state index is 0.488. The molecule has 0 aromatic heterocycles. The van der Waals surface area contributed by atoms with Crippen LogP contribution in [-0.2, 0) is 0 Å². The van der Waals surface area contributed by atoms with Crippen LogP contribution in [-0.4, -0.2) is 23.7 Å². The van der Waals surface area contributed by atoms with Crippen LogP contribution in [0.1, 0.15) is 19.3 Å². The molecule has 0 unspecified atom stereocenters. The third kappa shape index (κ3) is 8.42. The van der Waals surface area contributed by atoms with Gasteiger partial charge in [0.25, 0.3) is 0 Å². The maximum Gasteiger partial charge on any atom is 0.451 e. The van der Waals surface area contributed by atoms with Crippen molar-refractivity contribution in [3.8, 4) is 0 Å². The van der Waals surface area contributed by atoms with E-state index in [1.54, 1.807) is 0 Å². The van der Waals surface area contributed by atoms with Gasteiger partial charge in [0.1, 0.15) is 0 Å². The molecule has 0 aliphatic rings. The van der Waals surface area contributed by atoms with Crippen LogP contribution in [0.2, 0.25) is 6.32 Å². The molecule has 60 valence electrons. The standard InChI is InChI=1S/C5H13BBrNO2/c7-8-5-3-1-2-4-6(9)10/h8-10H,1-5H2. The first-order chi connectivity index (χ1) is 4.77. The first kappa shape index (κ1) is 10.4. The summed E-state index contributed by atoms with van der Waals surface area (Å²) in [5, 5.41) is 16.9. The molecule has 0 spiro atoms. The van der Waals surface area contributed by atoms with Gasteiger partial charge in [-0.1, -0.05) is 12.8 Å². The zero-order valence-corrected chi connectivity index (χ0v) is 7.47. The highest BCUT2D eigenvalue weighted by molar-refractivity contribution is 9.08. The molecule has 0 heterocycles. The quantitative estimate of drug-likeness (QED) is 0.340. The number of unbranched alkanes of at least 4 members (excludes halogenated alkanes) is 2. The first-order valence-corrected chi connectivity index (χ1v) is 4.26. The predicted molar refractivity (Wildman–Crippen MR) is 45.8 cm³/mol. The topological polar surface area (TPSA) is 52.5 Å². The second-order valence-corrected chi connectivity index (χ2v) is 2.77. The fraction of sp³-hybridized carbons (Fsp3) is 1.00. The molecule has 5 heteroatoms. The lowest BCUT2D eigenvalue weighted by Gasteiger charge is -1.98. The van der Waals surface area contributed by atoms with E-state index in [-0.39, 0.29) is 0 Å². The van der Waals surface area contributed by atoms with E-state index in [9.17, 15) is 0 Å². The van der Waals surface area contributed by atoms with Gasteiger partial charge >= 0.3 is 7.12 Å². The minimum Gasteiger partial charge on any atom is -0.427 e. The monoisotopic (exact) mass is 209 g/mol. The van der Waals surface area contributed by atoms with Gasteiger partial charge in [-0.2, -0.15) is 0 Å². The van der Waals surface area contributed by atoms with Crippen molar-refractivity contribution in [1.82, 2.24) is 4.34 Å². The lowest BCUT2D eigenvalue weighted by atomic mass is 9.83. The van der Waals surface area contributed by atoms with Crippen LogP contribution in [0, 0.1) is 0 Å². The van der Waals surface area contributed by atoms with E-state index in [1.807, 2.05) is 0 Å². The SMILES string of the molecule is OB(O)CCCCCNBr. The average molecular weight is 210 g/mol. The summed E-state index contributed by atoms with van der Waals surface area (Å²) in [5.41, 5.74) is 0. The van der Waals surface area contributed by atoms with Gasteiger partial charge in [-0.15, -0.1) is 0 Å². The smallest absolute Gasteiger partial charge is 0.427 e. The first-order valence-electron chi connectivity index (χ1n) is 3.47. The highest BCUT2D eigenvalue weighted by Crippen LogP contribution is 2.00. The molecule has 0 aliphatic heterocycles. The molecule has 0 fully saturated rings. The largest absolute Gasteiger partial charge is 0.451 e. The van der Waals surface area contributed by atoms with E-state index in [2.05, 4.69) is 20.5 Å². The fourth-order valence-electron chi connectivity index (χ4n) is 0.696. The lowest BCUT2D eigenvalue weighted by Crippen LogP contribution is -2.09. The van der Waals surface area contributed by atoms with Crippen molar-refractivity contribution >= 4 is 23.3 Å². The zero-order chi connectivity index (χ0) is 7.82. The van der Waals surface area contributed by atoms with Gasteiger partial charge in [0, 0.05) is 22.7 Å². The van der Waals surface area contributed by atoms with Gasteiger partial charge in [-0.3, -0.25) is 4.34 Å². The zero-order valence-electron chi connectivity index (χ0n) is 5.89. The predicted octanol–water partition coefficient (Wildman–Crippen LogP) is 0.529. The van der Waals surface area contributed by atoms with E-state index in [4.69, 9.17) is 10.0 Å². The molecule has 10 heavy (non-hydrogen) atoms. The highest BCUT2D eigenvalue weighted by Gasteiger charge is 2.03. The van der Waals surface area contributed by atoms with Crippen molar-refractivity contribution in [2.75, 3.05) is 6.54 Å². The van der Waals surface area contributed by atoms with Gasteiger partial charge in [-0.25, -0.2) is 0 Å². The molecule has 3 N–H and O–H groups in total. The molecule has 3 nitrogen and oxygen atoms in total. The van der Waals surface area contributed by atoms with Crippen molar-refractivity contribution in [2.24, 2.45) is 0 Å². The van der Waals surface area contributed by atoms with Crippen molar-refractivity contribution in [3.63, 3.8) is 0 Å². The molecule has 0 saturated carbocycles. The molecule has 0 bridgehead atoms. The average Bonchev–Trinajstić information content (AvgIpc) is 1.87. The van der Waals surface area contributed by atoms with Crippen molar-refractivity contribution in [2.45, 2.75) is 25.6 Å². The van der Waals surface area contributed by atoms with Gasteiger partial charge < -0.3 is 10.0 Å². The summed E-state index contributed by atoms with van der Waals surface area (Å²) in [4.78, 5) is 0. The molecular weight excluding hydrogens is 197 g/mol. The summed E-state index contributed by atoms with van der Waals surface area (Å²) in [5.74, 6) is 0. The Morgan fingerprint density at radius 2 is 1.90 bits per heavy atom. The van der Waals surface area contributed by atoms with Crippen LogP contribution < -0.4 is 4.34 Å². The van der Waals surface area contributed by atoms with Crippen LogP contribution in [0.3, 0.4) is 0 Å². The van der Waals surface area contributed by atoms with Crippen molar-refractivity contribution in [3.05, 3.63) is 0 Å². The van der Waals surface area contributed by atoms with Crippen molar-refractivity contribution in [1.29, 1.82) is 0 Å². The van der Waals surface area contributed by atoms with E-state index >= 15 is 0 Å². The number of hydrogen-bond donors (Lipinski definition) is 3. The lowest BCUT2D eigenvalue weighted by molar-refractivity contribution is 0.402. The van der Waals surface area contributed by atoms with Gasteiger partial charge in [-0.05, 0) is 12.7 Å². The Labute approximate surface area is 70.3 Å². The second-order valence-electron chi connectivity index (χ2n) is 2.21. The fourth-order valence-corrected chi connectivity index (χ4v) is 0.976. The van der Waals surface area contributed by atoms with Gasteiger partial charge in [0.2, 0.25) is 0 Å². The summed E-state index contributed by atoms with van der Waals surface area (Å²) in [6.07, 6.45) is 3.48. The third-order valence-corrected chi connectivity index (χ3v) is 1.63. The maximum absolute atomic E-state index is 8.44. The Hall–Kier alpha value is 0.425. The van der Waals surface area contributed by atoms with Crippen LogP contribution in [0.15, 0.2) is 0 Å². The maximum atomic E-state index is 8.44. The number of rotatable bonds is 6. The molecule has 0 saturated heterocycles. The summed E-state index contributed by atoms with van der Waals surface area (Å²) < 4.78 is 2.84. The summed E-state index contributed by atoms with van der Waals surface area (Å²) in [6.45, 7) is 0.932. The summed E-state index contributed by atoms with van der Waals surface area (Å²) in [7, 11) is -1.13. The molecule has 0 radical (unpaired) electrons. The Bertz CT molecular complexity index is 74.7. The molecule has 0 amide bonds. The van der Waals surface area contributed by atoms with Crippen LogP contribution >= 0.6 is 16.1 Å². The number of hydrogen-bond acceptors (Lipinski definition) is 3. The Morgan fingerprint density at radius 3 is 2.40 bits per heavy atom. The van der Waals surface area contributed by atoms with Gasteiger partial charge in [0.05, 0.1) is 0 Å². The Balaban J connectivity index is 2.77. The van der Waals surface area contributed by atoms with Crippen LogP contribution in [0.25, 0.3) is 0 Å². The molecule has 0 aromatic carbocycles. The minimum atomic E-state index is -1.13. The second kappa shape index (κ2) is 7.53. The Kier molecular flexibility index (Phi) is 7.85. The third-order valence-electron chi connectivity index (χ3n) is 1.23. The van der Waals surface area contributed by atoms with E-state index < -0.39 is 7.12 Å². The van der Waals surface area contributed by atoms with Crippen LogP contribution in [0.5, 0.6) is 0 Å².